The predicted octanol–water partition coefficient (Wildman–Crippen LogP) is -1.50. The Morgan fingerprint density at radius 2 is 2.25 bits per heavy atom. The molecule has 3 atom stereocenters. The maximum absolute atomic E-state index is 12.9. The van der Waals surface area contributed by atoms with Crippen LogP contribution in [-0.4, -0.2) is 97.2 Å². The molecule has 0 bridgehead atoms. The molecule has 16 heteroatoms. The smallest absolute Gasteiger partial charge is 0.351 e. The number of oxime groups is 1. The molecule has 14 nitrogen and oxygen atoms in total. The van der Waals surface area contributed by atoms with Crippen molar-refractivity contribution in [3.63, 3.8) is 0 Å². The zero-order valence-electron chi connectivity index (χ0n) is 18.8. The molecule has 0 radical (unpaired) electrons. The lowest BCUT2D eigenvalue weighted by molar-refractivity contribution is -0.133. The van der Waals surface area contributed by atoms with Gasteiger partial charge in [0, 0.05) is 48.4 Å². The normalized spacial score (nSPS) is 23.3. The van der Waals surface area contributed by atoms with Crippen LogP contribution in [0.15, 0.2) is 28.1 Å². The Morgan fingerprint density at radius 3 is 2.86 bits per heavy atom. The minimum atomic E-state index is -1.24. The molecule has 0 saturated carbocycles. The molecule has 192 valence electrons. The Hall–Kier alpha value is -3.50. The van der Waals surface area contributed by atoms with Crippen molar-refractivity contribution in [2.75, 3.05) is 31.1 Å². The molecule has 4 rings (SSSR count). The Morgan fingerprint density at radius 1 is 1.44 bits per heavy atom. The molecule has 36 heavy (non-hydrogen) atoms. The van der Waals surface area contributed by atoms with E-state index >= 15 is 0 Å². The summed E-state index contributed by atoms with van der Waals surface area (Å²) >= 11 is 2.00. The van der Waals surface area contributed by atoms with E-state index < -0.39 is 29.0 Å². The van der Waals surface area contributed by atoms with Crippen LogP contribution in [0.3, 0.4) is 0 Å². The van der Waals surface area contributed by atoms with Gasteiger partial charge in [-0.1, -0.05) is 11.2 Å². The molecule has 3 aliphatic rings. The molecule has 4 heterocycles. The molecule has 1 aromatic heterocycles. The van der Waals surface area contributed by atoms with Gasteiger partial charge in [0.05, 0.1) is 0 Å². The first-order valence-electron chi connectivity index (χ1n) is 10.9. The quantitative estimate of drug-likeness (QED) is 0.0921. The second-order valence-corrected chi connectivity index (χ2v) is 10.1. The number of carbonyl (C=O) groups is 4. The van der Waals surface area contributed by atoms with Crippen LogP contribution in [0.1, 0.15) is 18.7 Å². The van der Waals surface area contributed by atoms with Crippen molar-refractivity contribution in [1.29, 1.82) is 0 Å². The number of anilines is 1. The SMILES string of the molecule is Nc1nc(/C(=N/O)C(=O)NC(C=O)C2NC(C(=O)O)=C(CC3=CCN(C4CCNC4)C3=O)CS2)ns1. The van der Waals surface area contributed by atoms with E-state index in [9.17, 15) is 29.5 Å². The zero-order valence-corrected chi connectivity index (χ0v) is 20.5. The van der Waals surface area contributed by atoms with Gasteiger partial charge in [0.15, 0.2) is 5.13 Å². The maximum Gasteiger partial charge on any atom is 0.351 e. The first-order chi connectivity index (χ1) is 17.3. The van der Waals surface area contributed by atoms with Crippen molar-refractivity contribution in [3.8, 4) is 0 Å². The number of nitrogens with two attached hydrogens (primary N) is 1. The zero-order chi connectivity index (χ0) is 25.8. The lowest BCUT2D eigenvalue weighted by Crippen LogP contribution is -2.53. The predicted molar refractivity (Wildman–Crippen MR) is 130 cm³/mol. The van der Waals surface area contributed by atoms with Crippen molar-refractivity contribution in [2.24, 2.45) is 5.16 Å². The van der Waals surface area contributed by atoms with E-state index in [1.165, 1.54) is 11.8 Å². The molecule has 3 aliphatic heterocycles. The number of hydrogen-bond donors (Lipinski definition) is 6. The number of nitrogens with zero attached hydrogens (tertiary/aromatic N) is 4. The lowest BCUT2D eigenvalue weighted by atomic mass is 10.0. The largest absolute Gasteiger partial charge is 0.477 e. The number of nitrogen functional groups attached to an aromatic ring is 1. The molecule has 1 saturated heterocycles. The Bertz CT molecular complexity index is 1160. The summed E-state index contributed by atoms with van der Waals surface area (Å²) in [5.74, 6) is -2.27. The minimum Gasteiger partial charge on any atom is -0.477 e. The highest BCUT2D eigenvalue weighted by molar-refractivity contribution is 8.00. The topological polar surface area (TPSA) is 212 Å². The van der Waals surface area contributed by atoms with Crippen LogP contribution in [0.4, 0.5) is 5.13 Å². The van der Waals surface area contributed by atoms with Gasteiger partial charge in [-0.25, -0.2) is 4.79 Å². The minimum absolute atomic E-state index is 0.0537. The fourth-order valence-electron chi connectivity index (χ4n) is 4.18. The first kappa shape index (κ1) is 25.6. The van der Waals surface area contributed by atoms with Gasteiger partial charge in [-0.2, -0.15) is 9.36 Å². The van der Waals surface area contributed by atoms with E-state index in [4.69, 9.17) is 5.73 Å². The summed E-state index contributed by atoms with van der Waals surface area (Å²) < 4.78 is 3.80. The maximum atomic E-state index is 12.9. The van der Waals surface area contributed by atoms with Crippen molar-refractivity contribution in [1.82, 2.24) is 30.2 Å². The van der Waals surface area contributed by atoms with Crippen molar-refractivity contribution in [3.05, 3.63) is 28.7 Å². The summed E-state index contributed by atoms with van der Waals surface area (Å²) in [5, 5.41) is 29.6. The van der Waals surface area contributed by atoms with E-state index in [-0.39, 0.29) is 40.8 Å². The fourth-order valence-corrected chi connectivity index (χ4v) is 5.78. The van der Waals surface area contributed by atoms with Gasteiger partial charge in [0.25, 0.3) is 5.91 Å². The molecule has 3 unspecified atom stereocenters. The van der Waals surface area contributed by atoms with Gasteiger partial charge < -0.3 is 41.7 Å². The van der Waals surface area contributed by atoms with Crippen LogP contribution < -0.4 is 21.7 Å². The standard InChI is InChI=1S/C20H24N8O6S2/c21-20-25-15(27-36-20)14(26-34)16(30)23-12(7-29)17-24-13(19(32)33)10(8-35-17)5-9-2-4-28(18(9)31)11-1-3-22-6-11/h2,7,11-12,17,22,24,34H,1,3-6,8H2,(H,23,30)(H,32,33)(H2,21,25,27)/b26-14-. The third-order valence-electron chi connectivity index (χ3n) is 5.98. The van der Waals surface area contributed by atoms with Crippen LogP contribution in [-0.2, 0) is 19.2 Å². The molecule has 1 aromatic rings. The number of thioether (sulfide) groups is 1. The highest BCUT2D eigenvalue weighted by atomic mass is 32.2. The van der Waals surface area contributed by atoms with Gasteiger partial charge in [0.1, 0.15) is 23.4 Å². The monoisotopic (exact) mass is 536 g/mol. The van der Waals surface area contributed by atoms with E-state index in [1.807, 2.05) is 6.08 Å². The molecule has 1 fully saturated rings. The third-order valence-corrected chi connectivity index (χ3v) is 7.81. The number of aromatic nitrogens is 2. The summed E-state index contributed by atoms with van der Waals surface area (Å²) in [6.07, 6.45) is 3.32. The number of carboxylic acid groups (broad SMARTS) is 1. The van der Waals surface area contributed by atoms with Crippen molar-refractivity contribution in [2.45, 2.75) is 30.3 Å². The van der Waals surface area contributed by atoms with Gasteiger partial charge in [0.2, 0.25) is 17.4 Å². The first-order valence-corrected chi connectivity index (χ1v) is 12.8. The summed E-state index contributed by atoms with van der Waals surface area (Å²) in [4.78, 5) is 54.8. The average Bonchev–Trinajstić information content (AvgIpc) is 3.61. The summed E-state index contributed by atoms with van der Waals surface area (Å²) in [7, 11) is 0. The van der Waals surface area contributed by atoms with Gasteiger partial charge in [-0.15, -0.1) is 11.8 Å². The number of aliphatic carboxylic acids is 1. The summed E-state index contributed by atoms with van der Waals surface area (Å²) in [5.41, 5.74) is 5.87. The van der Waals surface area contributed by atoms with Crippen molar-refractivity contribution < 1.29 is 29.5 Å². The van der Waals surface area contributed by atoms with E-state index in [0.717, 1.165) is 31.0 Å². The number of nitrogens with one attached hydrogen (secondary N) is 3. The molecule has 7 N–H and O–H groups in total. The molecule has 0 aromatic carbocycles. The van der Waals surface area contributed by atoms with Gasteiger partial charge >= 0.3 is 5.97 Å². The second kappa shape index (κ2) is 11.0. The van der Waals surface area contributed by atoms with Crippen molar-refractivity contribution >= 4 is 58.2 Å². The van der Waals surface area contributed by atoms with E-state index in [1.54, 1.807) is 4.90 Å². The van der Waals surface area contributed by atoms with E-state index in [0.29, 0.717) is 24.0 Å². The molecule has 0 spiro atoms. The Labute approximate surface area is 213 Å². The molecule has 2 amide bonds. The molecular formula is C20H24N8O6S2. The van der Waals surface area contributed by atoms with Crippen LogP contribution in [0.25, 0.3) is 0 Å². The molecule has 0 aliphatic carbocycles. The highest BCUT2D eigenvalue weighted by Gasteiger charge is 2.36. The molecular weight excluding hydrogens is 512 g/mol. The Kier molecular flexibility index (Phi) is 7.85. The number of hydrogen-bond acceptors (Lipinski definition) is 13. The summed E-state index contributed by atoms with van der Waals surface area (Å²) in [6, 6.07) is -1.05. The number of amides is 2. The van der Waals surface area contributed by atoms with Crippen LogP contribution in [0.2, 0.25) is 0 Å². The van der Waals surface area contributed by atoms with Crippen LogP contribution in [0, 0.1) is 0 Å². The number of carbonyl (C=O) groups excluding carboxylic acids is 3. The second-order valence-electron chi connectivity index (χ2n) is 8.21. The third kappa shape index (κ3) is 5.34. The highest BCUT2D eigenvalue weighted by Crippen LogP contribution is 2.31. The van der Waals surface area contributed by atoms with E-state index in [2.05, 4.69) is 30.5 Å². The van der Waals surface area contributed by atoms with Crippen LogP contribution >= 0.6 is 23.3 Å². The van der Waals surface area contributed by atoms with Gasteiger partial charge in [-0.05, 0) is 18.5 Å². The summed E-state index contributed by atoms with van der Waals surface area (Å²) in [6.45, 7) is 2.09. The number of rotatable bonds is 9. The number of aldehydes is 1. The van der Waals surface area contributed by atoms with Crippen LogP contribution in [0.5, 0.6) is 0 Å². The average molecular weight is 537 g/mol. The number of carboxylic acids is 1. The van der Waals surface area contributed by atoms with Gasteiger partial charge in [-0.3, -0.25) is 9.59 Å². The Balaban J connectivity index is 1.44. The fraction of sp³-hybridized carbons (Fsp3) is 0.450. The lowest BCUT2D eigenvalue weighted by Gasteiger charge is -2.31.